The summed E-state index contributed by atoms with van der Waals surface area (Å²) < 4.78 is 6.90. The van der Waals surface area contributed by atoms with Gasteiger partial charge in [-0.1, -0.05) is 11.9 Å². The van der Waals surface area contributed by atoms with E-state index in [-0.39, 0.29) is 0 Å². The number of nitrogens with zero attached hydrogens (tertiary/aromatic N) is 1. The zero-order valence-corrected chi connectivity index (χ0v) is 7.25. The first-order valence-electron chi connectivity index (χ1n) is 3.19. The van der Waals surface area contributed by atoms with Gasteiger partial charge < -0.3 is 0 Å². The van der Waals surface area contributed by atoms with Crippen LogP contribution < -0.4 is 4.72 Å². The lowest BCUT2D eigenvalue weighted by molar-refractivity contribution is 0.940. The summed E-state index contributed by atoms with van der Waals surface area (Å²) in [6.07, 6.45) is 3.12. The second-order valence-electron chi connectivity index (χ2n) is 1.78. The van der Waals surface area contributed by atoms with Crippen molar-refractivity contribution in [3.63, 3.8) is 0 Å². The van der Waals surface area contributed by atoms with Crippen molar-refractivity contribution < 1.29 is 0 Å². The molecule has 1 aromatic rings. The van der Waals surface area contributed by atoms with Crippen LogP contribution in [0.4, 0.5) is 0 Å². The van der Waals surface area contributed by atoms with Crippen molar-refractivity contribution in [1.82, 2.24) is 9.10 Å². The minimum Gasteiger partial charge on any atom is -0.264 e. The summed E-state index contributed by atoms with van der Waals surface area (Å²) >= 11 is 3.29. The third-order valence-corrected chi connectivity index (χ3v) is 2.40. The average Bonchev–Trinajstić information content (AvgIpc) is 2.67. The zero-order valence-electron chi connectivity index (χ0n) is 5.62. The van der Waals surface area contributed by atoms with Gasteiger partial charge >= 0.3 is 0 Å². The van der Waals surface area contributed by atoms with Gasteiger partial charge in [0.1, 0.15) is 0 Å². The molecule has 0 saturated carbocycles. The van der Waals surface area contributed by atoms with Gasteiger partial charge in [0.05, 0.1) is 0 Å². The molecule has 2 rings (SSSR count). The molecule has 0 atom stereocenters. The van der Waals surface area contributed by atoms with Gasteiger partial charge in [-0.25, -0.2) is 4.37 Å². The van der Waals surface area contributed by atoms with Crippen LogP contribution in [0.1, 0.15) is 6.42 Å². The lowest BCUT2D eigenvalue weighted by Crippen LogP contribution is -1.91. The summed E-state index contributed by atoms with van der Waals surface area (Å²) in [5, 5.41) is 1.93. The molecule has 2 nitrogen and oxygen atoms in total. The maximum atomic E-state index is 3.76. The lowest BCUT2D eigenvalue weighted by Gasteiger charge is -1.75. The van der Waals surface area contributed by atoms with Crippen LogP contribution in [0.3, 0.4) is 0 Å². The van der Waals surface area contributed by atoms with Crippen molar-refractivity contribution in [3.8, 4) is 0 Å². The standard InChI is InChI=1S/C3H7NS.C3H3NS/c2*1-2-4-5-3-1/h4H,1-3H2;1-3H. The molecule has 0 unspecified atom stereocenters. The Balaban J connectivity index is 0.0000001000. The van der Waals surface area contributed by atoms with E-state index in [1.807, 2.05) is 23.4 Å². The fourth-order valence-corrected chi connectivity index (χ4v) is 1.61. The Kier molecular flexibility index (Phi) is 4.59. The van der Waals surface area contributed by atoms with E-state index in [0.717, 1.165) is 0 Å². The van der Waals surface area contributed by atoms with E-state index in [4.69, 9.17) is 0 Å². The smallest absolute Gasteiger partial charge is 0.0406 e. The van der Waals surface area contributed by atoms with Gasteiger partial charge in [-0.15, -0.1) is 0 Å². The van der Waals surface area contributed by atoms with Crippen LogP contribution in [0.25, 0.3) is 0 Å². The highest BCUT2D eigenvalue weighted by Gasteiger charge is 1.94. The summed E-state index contributed by atoms with van der Waals surface area (Å²) in [7, 11) is 0. The molecule has 0 amide bonds. The summed E-state index contributed by atoms with van der Waals surface area (Å²) in [6, 6.07) is 1.91. The van der Waals surface area contributed by atoms with Gasteiger partial charge in [0.25, 0.3) is 0 Å². The first-order chi connectivity index (χ1) is 5.00. The van der Waals surface area contributed by atoms with E-state index in [1.165, 1.54) is 30.3 Å². The monoisotopic (exact) mass is 174 g/mol. The fraction of sp³-hybridized carbons (Fsp3) is 0.500. The molecule has 1 saturated heterocycles. The van der Waals surface area contributed by atoms with E-state index in [1.54, 1.807) is 6.20 Å². The minimum absolute atomic E-state index is 1.21. The van der Waals surface area contributed by atoms with Crippen molar-refractivity contribution in [2.75, 3.05) is 12.3 Å². The molecule has 4 heteroatoms. The van der Waals surface area contributed by atoms with Crippen LogP contribution in [0.15, 0.2) is 17.6 Å². The molecule has 2 heterocycles. The van der Waals surface area contributed by atoms with Crippen LogP contribution in [0.5, 0.6) is 0 Å². The third kappa shape index (κ3) is 3.87. The second kappa shape index (κ2) is 5.70. The summed E-state index contributed by atoms with van der Waals surface area (Å²) in [5.41, 5.74) is 0. The Morgan fingerprint density at radius 3 is 2.70 bits per heavy atom. The quantitative estimate of drug-likeness (QED) is 0.607. The van der Waals surface area contributed by atoms with E-state index in [2.05, 4.69) is 9.10 Å². The van der Waals surface area contributed by atoms with E-state index in [9.17, 15) is 0 Å². The summed E-state index contributed by atoms with van der Waals surface area (Å²) in [4.78, 5) is 0. The molecule has 0 bridgehead atoms. The second-order valence-corrected chi connectivity index (χ2v) is 3.46. The number of hydrogen-bond acceptors (Lipinski definition) is 4. The molecular formula is C6H10N2S2. The van der Waals surface area contributed by atoms with Crippen LogP contribution in [0.2, 0.25) is 0 Å². The first-order valence-corrected chi connectivity index (χ1v) is 5.01. The van der Waals surface area contributed by atoms with Crippen molar-refractivity contribution in [3.05, 3.63) is 17.6 Å². The van der Waals surface area contributed by atoms with E-state index < -0.39 is 0 Å². The van der Waals surface area contributed by atoms with Gasteiger partial charge in [0, 0.05) is 23.9 Å². The molecule has 1 aliphatic rings. The normalized spacial score (nSPS) is 16.0. The van der Waals surface area contributed by atoms with Crippen molar-refractivity contribution in [1.29, 1.82) is 0 Å². The Morgan fingerprint density at radius 1 is 1.50 bits per heavy atom. The molecule has 1 fully saturated rings. The molecule has 0 radical (unpaired) electrons. The Labute approximate surface area is 69.3 Å². The molecule has 0 aliphatic carbocycles. The number of hydrogen-bond donors (Lipinski definition) is 1. The topological polar surface area (TPSA) is 24.9 Å². The van der Waals surface area contributed by atoms with Gasteiger partial charge in [-0.05, 0) is 24.0 Å². The predicted octanol–water partition coefficient (Wildman–Crippen LogP) is 1.77. The maximum Gasteiger partial charge on any atom is 0.0406 e. The van der Waals surface area contributed by atoms with E-state index in [0.29, 0.717) is 0 Å². The maximum absolute atomic E-state index is 3.76. The largest absolute Gasteiger partial charge is 0.264 e. The summed E-state index contributed by atoms with van der Waals surface area (Å²) in [5.74, 6) is 1.31. The van der Waals surface area contributed by atoms with Gasteiger partial charge in [0.15, 0.2) is 0 Å². The van der Waals surface area contributed by atoms with Crippen molar-refractivity contribution in [2.24, 2.45) is 0 Å². The molecule has 1 aromatic heterocycles. The Hall–Kier alpha value is -0.0600. The molecule has 10 heavy (non-hydrogen) atoms. The van der Waals surface area contributed by atoms with Crippen LogP contribution in [0, 0.1) is 0 Å². The zero-order chi connectivity index (χ0) is 7.07. The number of rotatable bonds is 0. The van der Waals surface area contributed by atoms with Crippen molar-refractivity contribution in [2.45, 2.75) is 6.42 Å². The Bertz CT molecular complexity index is 113. The number of aromatic nitrogens is 1. The van der Waals surface area contributed by atoms with Crippen LogP contribution >= 0.6 is 23.5 Å². The average molecular weight is 174 g/mol. The highest BCUT2D eigenvalue weighted by atomic mass is 32.2. The first kappa shape index (κ1) is 8.04. The van der Waals surface area contributed by atoms with Crippen molar-refractivity contribution >= 4 is 23.5 Å². The van der Waals surface area contributed by atoms with Gasteiger partial charge in [-0.2, -0.15) is 0 Å². The predicted molar refractivity (Wildman–Crippen MR) is 47.2 cm³/mol. The van der Waals surface area contributed by atoms with Gasteiger partial charge in [0.2, 0.25) is 0 Å². The van der Waals surface area contributed by atoms with E-state index >= 15 is 0 Å². The molecule has 0 spiro atoms. The SMILES string of the molecule is C1CNSC1.c1cnsc1. The Morgan fingerprint density at radius 2 is 2.50 bits per heavy atom. The van der Waals surface area contributed by atoms with Gasteiger partial charge in [-0.3, -0.25) is 4.72 Å². The lowest BCUT2D eigenvalue weighted by atomic mass is 10.5. The molecule has 1 N–H and O–H groups in total. The molecule has 1 aliphatic heterocycles. The third-order valence-electron chi connectivity index (χ3n) is 0.975. The molecule has 56 valence electrons. The molecular weight excluding hydrogens is 164 g/mol. The van der Waals surface area contributed by atoms with Crippen LogP contribution in [-0.4, -0.2) is 16.7 Å². The summed E-state index contributed by atoms with van der Waals surface area (Å²) in [6.45, 7) is 1.21. The van der Waals surface area contributed by atoms with Crippen LogP contribution in [-0.2, 0) is 0 Å². The number of nitrogens with one attached hydrogen (secondary N) is 1. The molecule has 0 aromatic carbocycles. The fourth-order valence-electron chi connectivity index (χ4n) is 0.537. The minimum atomic E-state index is 1.21. The highest BCUT2D eigenvalue weighted by Crippen LogP contribution is 2.02. The highest BCUT2D eigenvalue weighted by molar-refractivity contribution is 7.97.